The third-order valence-electron chi connectivity index (χ3n) is 6.63. The largest absolute Gasteiger partial charge is 0.367 e. The highest BCUT2D eigenvalue weighted by Gasteiger charge is 2.37. The summed E-state index contributed by atoms with van der Waals surface area (Å²) in [7, 11) is 0. The molecule has 0 radical (unpaired) electrons. The van der Waals surface area contributed by atoms with Gasteiger partial charge < -0.3 is 20.5 Å². The van der Waals surface area contributed by atoms with E-state index >= 15 is 4.39 Å². The Labute approximate surface area is 158 Å². The highest BCUT2D eigenvalue weighted by molar-refractivity contribution is 5.90. The maximum Gasteiger partial charge on any atom is 0.251 e. The Hall–Kier alpha value is -1.92. The van der Waals surface area contributed by atoms with Crippen LogP contribution in [0, 0.1) is 18.7 Å². The third-order valence-corrected chi connectivity index (χ3v) is 6.63. The summed E-state index contributed by atoms with van der Waals surface area (Å²) in [4.78, 5) is 14.9. The van der Waals surface area contributed by atoms with Crippen LogP contribution in [0.4, 0.5) is 10.1 Å². The number of hydrogen-bond donors (Lipinski definition) is 2. The lowest BCUT2D eigenvalue weighted by molar-refractivity contribution is 0.340. The van der Waals surface area contributed by atoms with Crippen molar-refractivity contribution < 1.29 is 4.39 Å². The van der Waals surface area contributed by atoms with Crippen LogP contribution < -0.4 is 21.5 Å². The van der Waals surface area contributed by atoms with Crippen molar-refractivity contribution >= 4 is 16.6 Å². The smallest absolute Gasteiger partial charge is 0.251 e. The molecule has 6 heteroatoms. The number of fused-ring (bicyclic) bond motifs is 2. The van der Waals surface area contributed by atoms with Gasteiger partial charge in [-0.1, -0.05) is 0 Å². The van der Waals surface area contributed by atoms with Gasteiger partial charge in [-0.15, -0.1) is 0 Å². The van der Waals surface area contributed by atoms with Gasteiger partial charge in [0.05, 0.1) is 11.2 Å². The molecule has 2 atom stereocenters. The molecular formula is C21H27FN4O. The van der Waals surface area contributed by atoms with Crippen molar-refractivity contribution in [1.82, 2.24) is 9.88 Å². The molecule has 2 unspecified atom stereocenters. The molecular weight excluding hydrogens is 343 g/mol. The summed E-state index contributed by atoms with van der Waals surface area (Å²) in [5.74, 6) is 0.378. The molecule has 1 saturated carbocycles. The van der Waals surface area contributed by atoms with Crippen molar-refractivity contribution in [1.29, 1.82) is 0 Å². The van der Waals surface area contributed by atoms with E-state index in [1.165, 1.54) is 12.8 Å². The van der Waals surface area contributed by atoms with Gasteiger partial charge in [-0.05, 0) is 62.3 Å². The Bertz CT molecular complexity index is 951. The molecule has 3 heterocycles. The minimum absolute atomic E-state index is 0.0112. The van der Waals surface area contributed by atoms with Crippen molar-refractivity contribution in [2.75, 3.05) is 24.5 Å². The van der Waals surface area contributed by atoms with Crippen LogP contribution in [0.3, 0.4) is 0 Å². The van der Waals surface area contributed by atoms with Gasteiger partial charge in [0.25, 0.3) is 5.56 Å². The van der Waals surface area contributed by atoms with Gasteiger partial charge in [0.15, 0.2) is 0 Å². The number of pyridine rings is 1. The predicted octanol–water partition coefficient (Wildman–Crippen LogP) is 2.43. The fourth-order valence-electron chi connectivity index (χ4n) is 5.20. The molecule has 0 bridgehead atoms. The molecule has 3 aliphatic rings. The highest BCUT2D eigenvalue weighted by atomic mass is 19.1. The average Bonchev–Trinajstić information content (AvgIpc) is 3.39. The zero-order valence-corrected chi connectivity index (χ0v) is 15.8. The number of nitrogens with two attached hydrogens (primary N) is 1. The Morgan fingerprint density at radius 1 is 1.26 bits per heavy atom. The van der Waals surface area contributed by atoms with E-state index < -0.39 is 0 Å². The van der Waals surface area contributed by atoms with E-state index in [4.69, 9.17) is 5.73 Å². The van der Waals surface area contributed by atoms with Crippen molar-refractivity contribution in [2.24, 2.45) is 11.7 Å². The standard InChI is InChI=1S/C21H27FN4O/c1-12-20-16(14(9-23)7-19(27)26(20)15-4-5-15)8-17(22)21(12)25-10-13-3-2-6-24-18(13)11-25/h7-8,13,15,18,24H,2-6,9-11,23H2,1H3. The second-order valence-electron chi connectivity index (χ2n) is 8.41. The number of nitrogens with one attached hydrogen (secondary N) is 1. The molecule has 5 rings (SSSR count). The van der Waals surface area contributed by atoms with Gasteiger partial charge in [-0.3, -0.25) is 4.79 Å². The topological polar surface area (TPSA) is 63.3 Å². The van der Waals surface area contributed by atoms with Gasteiger partial charge in [0, 0.05) is 43.2 Å². The molecule has 5 nitrogen and oxygen atoms in total. The minimum Gasteiger partial charge on any atom is -0.367 e. The van der Waals surface area contributed by atoms with E-state index in [2.05, 4.69) is 10.2 Å². The molecule has 2 aromatic rings. The van der Waals surface area contributed by atoms with Gasteiger partial charge in [-0.25, -0.2) is 4.39 Å². The van der Waals surface area contributed by atoms with Crippen LogP contribution in [-0.2, 0) is 6.54 Å². The Balaban J connectivity index is 1.70. The monoisotopic (exact) mass is 370 g/mol. The lowest BCUT2D eigenvalue weighted by atomic mass is 9.94. The number of rotatable bonds is 3. The number of piperidine rings is 1. The molecule has 1 aliphatic carbocycles. The normalized spacial score (nSPS) is 25.2. The molecule has 144 valence electrons. The number of aromatic nitrogens is 1. The molecule has 27 heavy (non-hydrogen) atoms. The van der Waals surface area contributed by atoms with Crippen LogP contribution in [0.15, 0.2) is 16.9 Å². The molecule has 2 saturated heterocycles. The van der Waals surface area contributed by atoms with E-state index in [1.54, 1.807) is 12.1 Å². The van der Waals surface area contributed by atoms with Crippen LogP contribution in [0.2, 0.25) is 0 Å². The van der Waals surface area contributed by atoms with Crippen LogP contribution in [0.25, 0.3) is 10.9 Å². The first-order valence-corrected chi connectivity index (χ1v) is 10.1. The lowest BCUT2D eigenvalue weighted by Crippen LogP contribution is -2.40. The first-order chi connectivity index (χ1) is 13.1. The van der Waals surface area contributed by atoms with Gasteiger partial charge in [0.2, 0.25) is 0 Å². The molecule has 0 amide bonds. The first-order valence-electron chi connectivity index (χ1n) is 10.1. The van der Waals surface area contributed by atoms with Gasteiger partial charge >= 0.3 is 0 Å². The molecule has 0 spiro atoms. The van der Waals surface area contributed by atoms with E-state index in [0.29, 0.717) is 17.6 Å². The zero-order valence-electron chi connectivity index (χ0n) is 15.8. The van der Waals surface area contributed by atoms with Crippen LogP contribution >= 0.6 is 0 Å². The Morgan fingerprint density at radius 2 is 2.07 bits per heavy atom. The zero-order chi connectivity index (χ0) is 18.7. The summed E-state index contributed by atoms with van der Waals surface area (Å²) in [5, 5.41) is 4.38. The molecule has 2 aliphatic heterocycles. The van der Waals surface area contributed by atoms with Crippen molar-refractivity contribution in [3.8, 4) is 0 Å². The average molecular weight is 370 g/mol. The van der Waals surface area contributed by atoms with E-state index in [1.807, 2.05) is 11.5 Å². The van der Waals surface area contributed by atoms with E-state index in [-0.39, 0.29) is 24.0 Å². The van der Waals surface area contributed by atoms with Crippen molar-refractivity contribution in [3.63, 3.8) is 0 Å². The highest BCUT2D eigenvalue weighted by Crippen LogP contribution is 2.41. The molecule has 3 N–H and O–H groups in total. The predicted molar refractivity (Wildman–Crippen MR) is 106 cm³/mol. The maximum absolute atomic E-state index is 15.3. The Morgan fingerprint density at radius 3 is 2.78 bits per heavy atom. The summed E-state index contributed by atoms with van der Waals surface area (Å²) in [6.45, 7) is 4.97. The van der Waals surface area contributed by atoms with Crippen LogP contribution in [0.5, 0.6) is 0 Å². The van der Waals surface area contributed by atoms with Crippen LogP contribution in [-0.4, -0.2) is 30.2 Å². The number of hydrogen-bond acceptors (Lipinski definition) is 4. The number of aryl methyl sites for hydroxylation is 1. The van der Waals surface area contributed by atoms with Gasteiger partial charge in [0.1, 0.15) is 5.82 Å². The minimum atomic E-state index is -0.200. The summed E-state index contributed by atoms with van der Waals surface area (Å²) in [5.41, 5.74) is 9.02. The third kappa shape index (κ3) is 2.69. The number of anilines is 1. The fraction of sp³-hybridized carbons (Fsp3) is 0.571. The van der Waals surface area contributed by atoms with Crippen molar-refractivity contribution in [3.05, 3.63) is 39.4 Å². The fourth-order valence-corrected chi connectivity index (χ4v) is 5.20. The molecule has 3 fully saturated rings. The summed E-state index contributed by atoms with van der Waals surface area (Å²) < 4.78 is 17.2. The van der Waals surface area contributed by atoms with Crippen molar-refractivity contribution in [2.45, 2.75) is 51.2 Å². The van der Waals surface area contributed by atoms with Crippen LogP contribution in [0.1, 0.15) is 42.9 Å². The number of benzene rings is 1. The Kier molecular flexibility index (Phi) is 4.02. The summed E-state index contributed by atoms with van der Waals surface area (Å²) >= 11 is 0. The summed E-state index contributed by atoms with van der Waals surface area (Å²) in [6.07, 6.45) is 4.42. The quantitative estimate of drug-likeness (QED) is 0.871. The number of halogens is 1. The SMILES string of the molecule is Cc1c(N2CC3CCCNC3C2)c(F)cc2c(CN)cc(=O)n(C3CC3)c12. The van der Waals surface area contributed by atoms with E-state index in [9.17, 15) is 4.79 Å². The summed E-state index contributed by atoms with van der Waals surface area (Å²) in [6, 6.07) is 3.88. The maximum atomic E-state index is 15.3. The lowest BCUT2D eigenvalue weighted by Gasteiger charge is -2.25. The first kappa shape index (κ1) is 17.2. The second-order valence-corrected chi connectivity index (χ2v) is 8.41. The molecule has 1 aromatic carbocycles. The van der Waals surface area contributed by atoms with E-state index in [0.717, 1.165) is 54.5 Å². The number of nitrogens with zero attached hydrogens (tertiary/aromatic N) is 2. The second kappa shape index (κ2) is 6.31. The van der Waals surface area contributed by atoms with Gasteiger partial charge in [-0.2, -0.15) is 0 Å². The molecule has 1 aromatic heterocycles.